The Hall–Kier alpha value is -2.76. The molecule has 186 valence electrons. The minimum absolute atomic E-state index is 1.10. The fourth-order valence-electron chi connectivity index (χ4n) is 4.70. The first-order valence-corrected chi connectivity index (χ1v) is 17.8. The second kappa shape index (κ2) is 8.87. The molecule has 0 aliphatic carbocycles. The number of thiophene rings is 5. The van der Waals surface area contributed by atoms with E-state index in [1.165, 1.54) is 58.8 Å². The van der Waals surface area contributed by atoms with E-state index >= 15 is 0 Å². The van der Waals surface area contributed by atoms with Crippen LogP contribution >= 0.6 is 79.4 Å². The third-order valence-corrected chi connectivity index (χ3v) is 15.1. The molecule has 0 saturated carbocycles. The van der Waals surface area contributed by atoms with Crippen molar-refractivity contribution in [1.29, 1.82) is 0 Å². The van der Waals surface area contributed by atoms with Gasteiger partial charge in [0.25, 0.3) is 0 Å². The lowest BCUT2D eigenvalue weighted by atomic mass is 10.2. The molecule has 39 heavy (non-hydrogen) atoms. The molecule has 0 radical (unpaired) electrons. The SMILES string of the molecule is c1ccc(-c2nc3sc(-c4cc5sc6cc(-c7cc8sc(-c9ccccc9)nc8s7)sc6c5s4)cc3s2)cc1. The predicted octanol–water partition coefficient (Wildman–Crippen LogP) is 12.2. The maximum atomic E-state index is 4.94. The van der Waals surface area contributed by atoms with E-state index in [1.807, 2.05) is 56.7 Å². The van der Waals surface area contributed by atoms with E-state index in [9.17, 15) is 0 Å². The van der Waals surface area contributed by atoms with E-state index < -0.39 is 0 Å². The molecular weight excluding hydrogens is 613 g/mol. The van der Waals surface area contributed by atoms with Crippen LogP contribution in [0.2, 0.25) is 0 Å². The molecule has 0 amide bonds. The van der Waals surface area contributed by atoms with Crippen molar-refractivity contribution in [2.75, 3.05) is 0 Å². The summed E-state index contributed by atoms with van der Waals surface area (Å²) in [6.45, 7) is 0. The lowest BCUT2D eigenvalue weighted by Gasteiger charge is -1.93. The Labute approximate surface area is 250 Å². The Bertz CT molecular complexity index is 2060. The largest absolute Gasteiger partial charge is 0.225 e. The maximum absolute atomic E-state index is 4.94. The first kappa shape index (κ1) is 23.0. The molecule has 0 bridgehead atoms. The molecule has 0 aliphatic rings. The van der Waals surface area contributed by atoms with Gasteiger partial charge >= 0.3 is 0 Å². The second-order valence-corrected chi connectivity index (χ2v) is 16.4. The summed E-state index contributed by atoms with van der Waals surface area (Å²) in [7, 11) is 0. The molecule has 0 spiro atoms. The number of rotatable bonds is 4. The van der Waals surface area contributed by atoms with Gasteiger partial charge in [-0.05, 0) is 24.3 Å². The number of hydrogen-bond acceptors (Lipinski definition) is 9. The lowest BCUT2D eigenvalue weighted by molar-refractivity contribution is 1.50. The third kappa shape index (κ3) is 3.80. The van der Waals surface area contributed by atoms with E-state index in [4.69, 9.17) is 9.97 Å². The summed E-state index contributed by atoms with van der Waals surface area (Å²) in [5.41, 5.74) is 2.39. The zero-order valence-corrected chi connectivity index (χ0v) is 25.6. The molecule has 0 atom stereocenters. The van der Waals surface area contributed by atoms with Gasteiger partial charge in [0, 0.05) is 40.0 Å². The van der Waals surface area contributed by atoms with Gasteiger partial charge in [0.2, 0.25) is 0 Å². The first-order chi connectivity index (χ1) is 19.2. The normalized spacial score (nSPS) is 12.1. The van der Waals surface area contributed by atoms with Crippen molar-refractivity contribution in [3.05, 3.63) is 84.9 Å². The standard InChI is InChI=1S/C30H14N2S7/c1-3-7-15(8-4-1)27-31-29-23(38-27)13-19(36-29)17-11-21-25(34-17)26-22(33-21)12-18(35-26)20-14-24-30(37-20)32-28(39-24)16-9-5-2-6-10-16/h1-14H. The van der Waals surface area contributed by atoms with Gasteiger partial charge < -0.3 is 0 Å². The molecule has 0 aliphatic heterocycles. The van der Waals surface area contributed by atoms with Gasteiger partial charge in [-0.1, -0.05) is 60.7 Å². The van der Waals surface area contributed by atoms with Crippen LogP contribution in [0.3, 0.4) is 0 Å². The second-order valence-electron chi connectivity index (χ2n) is 9.04. The minimum Gasteiger partial charge on any atom is -0.225 e. The first-order valence-electron chi connectivity index (χ1n) is 12.1. The number of thiazole rings is 2. The van der Waals surface area contributed by atoms with E-state index in [2.05, 4.69) is 84.9 Å². The molecule has 0 N–H and O–H groups in total. The van der Waals surface area contributed by atoms with Crippen LogP contribution < -0.4 is 0 Å². The topological polar surface area (TPSA) is 25.8 Å². The summed E-state index contributed by atoms with van der Waals surface area (Å²) in [5, 5.41) is 2.20. The summed E-state index contributed by atoms with van der Waals surface area (Å²) in [4.78, 5) is 17.5. The highest BCUT2D eigenvalue weighted by Gasteiger charge is 2.19. The molecule has 2 aromatic carbocycles. The molecule has 0 fully saturated rings. The van der Waals surface area contributed by atoms with Gasteiger partial charge in [0.15, 0.2) is 0 Å². The van der Waals surface area contributed by atoms with Gasteiger partial charge in [-0.3, -0.25) is 0 Å². The van der Waals surface area contributed by atoms with Crippen LogP contribution in [0.15, 0.2) is 84.9 Å². The van der Waals surface area contributed by atoms with E-state index in [0.717, 1.165) is 19.7 Å². The van der Waals surface area contributed by atoms with Gasteiger partial charge in [-0.15, -0.1) is 79.4 Å². The summed E-state index contributed by atoms with van der Waals surface area (Å²) in [6, 6.07) is 30.3. The van der Waals surface area contributed by atoms with Gasteiger partial charge in [0.1, 0.15) is 19.7 Å². The van der Waals surface area contributed by atoms with Gasteiger partial charge in [-0.25, -0.2) is 9.97 Å². The van der Waals surface area contributed by atoms with Crippen molar-refractivity contribution in [2.45, 2.75) is 0 Å². The molecular formula is C30H14N2S7. The van der Waals surface area contributed by atoms with Crippen LogP contribution in [0.4, 0.5) is 0 Å². The Morgan fingerprint density at radius 1 is 0.385 bits per heavy atom. The van der Waals surface area contributed by atoms with Crippen LogP contribution in [-0.2, 0) is 0 Å². The highest BCUT2D eigenvalue weighted by Crippen LogP contribution is 2.51. The Morgan fingerprint density at radius 3 is 1.23 bits per heavy atom. The number of hydrogen-bond donors (Lipinski definition) is 0. The Morgan fingerprint density at radius 2 is 0.795 bits per heavy atom. The molecule has 0 unspecified atom stereocenters. The van der Waals surface area contributed by atoms with Crippen molar-refractivity contribution in [3.8, 4) is 40.7 Å². The summed E-state index contributed by atoms with van der Waals surface area (Å²) in [5.74, 6) is 0. The smallest absolute Gasteiger partial charge is 0.135 e. The van der Waals surface area contributed by atoms with Crippen molar-refractivity contribution in [3.63, 3.8) is 0 Å². The summed E-state index contributed by atoms with van der Waals surface area (Å²) < 4.78 is 8.15. The average Bonchev–Trinajstić information content (AvgIpc) is 3.77. The highest BCUT2D eigenvalue weighted by atomic mass is 32.1. The van der Waals surface area contributed by atoms with Crippen LogP contribution in [0, 0.1) is 0 Å². The zero-order chi connectivity index (χ0) is 25.5. The van der Waals surface area contributed by atoms with Crippen LogP contribution in [0.1, 0.15) is 0 Å². The monoisotopic (exact) mass is 626 g/mol. The fourth-order valence-corrected chi connectivity index (χ4v) is 13.3. The van der Waals surface area contributed by atoms with Crippen molar-refractivity contribution >= 4 is 117 Å². The van der Waals surface area contributed by atoms with Crippen LogP contribution in [0.25, 0.3) is 78.5 Å². The quantitative estimate of drug-likeness (QED) is 0.194. The lowest BCUT2D eigenvalue weighted by Crippen LogP contribution is -1.72. The van der Waals surface area contributed by atoms with Crippen LogP contribution in [0.5, 0.6) is 0 Å². The number of fused-ring (bicyclic) bond motifs is 5. The van der Waals surface area contributed by atoms with Crippen molar-refractivity contribution in [1.82, 2.24) is 9.97 Å². The third-order valence-electron chi connectivity index (χ3n) is 6.53. The molecule has 9 aromatic rings. The zero-order valence-electron chi connectivity index (χ0n) is 19.8. The van der Waals surface area contributed by atoms with E-state index in [-0.39, 0.29) is 0 Å². The number of benzene rings is 2. The van der Waals surface area contributed by atoms with Crippen molar-refractivity contribution in [2.24, 2.45) is 0 Å². The van der Waals surface area contributed by atoms with Gasteiger partial charge in [-0.2, -0.15) is 0 Å². The Kier molecular flexibility index (Phi) is 5.23. The number of aromatic nitrogens is 2. The molecule has 0 saturated heterocycles. The van der Waals surface area contributed by atoms with Crippen molar-refractivity contribution < 1.29 is 0 Å². The molecule has 9 heteroatoms. The molecule has 2 nitrogen and oxygen atoms in total. The fraction of sp³-hybridized carbons (Fsp3) is 0. The highest BCUT2D eigenvalue weighted by molar-refractivity contribution is 7.41. The maximum Gasteiger partial charge on any atom is 0.135 e. The average molecular weight is 627 g/mol. The minimum atomic E-state index is 1.10. The van der Waals surface area contributed by atoms with Crippen LogP contribution in [-0.4, -0.2) is 9.97 Å². The van der Waals surface area contributed by atoms with Gasteiger partial charge in [0.05, 0.1) is 18.8 Å². The molecule has 9 rings (SSSR count). The van der Waals surface area contributed by atoms with E-state index in [0.29, 0.717) is 0 Å². The molecule has 7 heterocycles. The Balaban J connectivity index is 1.05. The predicted molar refractivity (Wildman–Crippen MR) is 179 cm³/mol. The number of nitrogens with zero attached hydrogens (tertiary/aromatic N) is 2. The molecule has 7 aromatic heterocycles. The summed E-state index contributed by atoms with van der Waals surface area (Å²) in [6.07, 6.45) is 0. The summed E-state index contributed by atoms with van der Waals surface area (Å²) >= 11 is 12.9. The van der Waals surface area contributed by atoms with E-state index in [1.54, 1.807) is 22.7 Å².